The highest BCUT2D eigenvalue weighted by molar-refractivity contribution is 7.91. The normalized spacial score (nSPS) is 16.4. The Balaban J connectivity index is 2.40. The first-order valence-corrected chi connectivity index (χ1v) is 7.86. The lowest BCUT2D eigenvalue weighted by Gasteiger charge is -2.19. The summed E-state index contributed by atoms with van der Waals surface area (Å²) in [5.41, 5.74) is 0.467. The van der Waals surface area contributed by atoms with Crippen molar-refractivity contribution in [2.75, 3.05) is 6.54 Å². The van der Waals surface area contributed by atoms with Gasteiger partial charge in [0, 0.05) is 12.6 Å². The number of halogens is 1. The van der Waals surface area contributed by atoms with Gasteiger partial charge in [0.15, 0.2) is 8.68 Å². The van der Waals surface area contributed by atoms with Gasteiger partial charge in [-0.05, 0) is 19.8 Å². The van der Waals surface area contributed by atoms with E-state index in [1.807, 2.05) is 0 Å². The van der Waals surface area contributed by atoms with Crippen LogP contribution in [0.1, 0.15) is 18.5 Å². The largest absolute Gasteiger partial charge is 0.255 e. The maximum Gasteiger partial charge on any atom is 0.255 e. The Bertz CT molecular complexity index is 535. The van der Waals surface area contributed by atoms with Gasteiger partial charge in [0.05, 0.1) is 5.69 Å². The van der Waals surface area contributed by atoms with Crippen molar-refractivity contribution in [1.29, 1.82) is 0 Å². The number of aryl methyl sites for hydroxylation is 1. The molecule has 2 rings (SSSR count). The molecule has 0 N–H and O–H groups in total. The molecule has 4 nitrogen and oxygen atoms in total. The predicted molar refractivity (Wildman–Crippen MR) is 69.0 cm³/mol. The summed E-state index contributed by atoms with van der Waals surface area (Å²) in [5, 5.41) is 0. The average Bonchev–Trinajstić information content (AvgIpc) is 3.00. The van der Waals surface area contributed by atoms with E-state index in [2.05, 4.69) is 11.6 Å². The van der Waals surface area contributed by atoms with Gasteiger partial charge in [-0.2, -0.15) is 4.31 Å². The summed E-state index contributed by atoms with van der Waals surface area (Å²) in [6.07, 6.45) is 3.44. The van der Waals surface area contributed by atoms with E-state index in [-0.39, 0.29) is 14.7 Å². The molecular weight excluding hydrogens is 280 g/mol. The molecule has 0 aliphatic heterocycles. The summed E-state index contributed by atoms with van der Waals surface area (Å²) in [4.78, 5) is 3.95. The van der Waals surface area contributed by atoms with Gasteiger partial charge in [-0.25, -0.2) is 13.4 Å². The molecule has 1 aromatic heterocycles. The van der Waals surface area contributed by atoms with E-state index in [1.54, 1.807) is 13.0 Å². The lowest BCUT2D eigenvalue weighted by atomic mass is 10.6. The summed E-state index contributed by atoms with van der Waals surface area (Å²) in [6.45, 7) is 5.60. The summed E-state index contributed by atoms with van der Waals surface area (Å²) >= 11 is 6.76. The minimum Gasteiger partial charge on any atom is -0.229 e. The molecule has 0 atom stereocenters. The zero-order chi connectivity index (χ0) is 12.6. The zero-order valence-corrected chi connectivity index (χ0v) is 11.8. The van der Waals surface area contributed by atoms with E-state index in [1.165, 1.54) is 4.31 Å². The summed E-state index contributed by atoms with van der Waals surface area (Å²) in [6, 6.07) is 0.110. The second kappa shape index (κ2) is 4.68. The van der Waals surface area contributed by atoms with E-state index < -0.39 is 10.0 Å². The van der Waals surface area contributed by atoms with Crippen LogP contribution in [0.3, 0.4) is 0 Å². The molecule has 1 heterocycles. The smallest absolute Gasteiger partial charge is 0.229 e. The van der Waals surface area contributed by atoms with Crippen LogP contribution in [0.4, 0.5) is 0 Å². The van der Waals surface area contributed by atoms with E-state index in [4.69, 9.17) is 11.6 Å². The van der Waals surface area contributed by atoms with E-state index >= 15 is 0 Å². The van der Waals surface area contributed by atoms with Crippen molar-refractivity contribution < 1.29 is 8.42 Å². The first kappa shape index (κ1) is 13.0. The SMILES string of the molecule is C=CCN(C1CC1)S(=O)(=O)c1sc(Cl)nc1C. The fourth-order valence-corrected chi connectivity index (χ4v) is 5.14. The Morgan fingerprint density at radius 3 is 2.71 bits per heavy atom. The molecule has 1 aliphatic carbocycles. The van der Waals surface area contributed by atoms with Crippen LogP contribution in [0.2, 0.25) is 4.47 Å². The Morgan fingerprint density at radius 2 is 2.29 bits per heavy atom. The molecule has 94 valence electrons. The van der Waals surface area contributed by atoms with Crippen molar-refractivity contribution in [2.24, 2.45) is 0 Å². The third kappa shape index (κ3) is 2.54. The molecule has 0 bridgehead atoms. The Labute approximate surface area is 110 Å². The second-order valence-electron chi connectivity index (χ2n) is 3.93. The van der Waals surface area contributed by atoms with Gasteiger partial charge in [0.25, 0.3) is 10.0 Å². The highest BCUT2D eigenvalue weighted by atomic mass is 35.5. The highest BCUT2D eigenvalue weighted by Gasteiger charge is 2.39. The maximum absolute atomic E-state index is 12.4. The molecule has 7 heteroatoms. The topological polar surface area (TPSA) is 50.3 Å². The first-order valence-electron chi connectivity index (χ1n) is 5.22. The van der Waals surface area contributed by atoms with Gasteiger partial charge >= 0.3 is 0 Å². The van der Waals surface area contributed by atoms with E-state index in [0.29, 0.717) is 12.2 Å². The lowest BCUT2D eigenvalue weighted by molar-refractivity contribution is 0.437. The van der Waals surface area contributed by atoms with Crippen LogP contribution in [0.25, 0.3) is 0 Å². The number of nitrogens with zero attached hydrogens (tertiary/aromatic N) is 2. The van der Waals surface area contributed by atoms with Gasteiger partial charge in [0.1, 0.15) is 0 Å². The standard InChI is InChI=1S/C10H13ClN2O2S2/c1-3-6-13(8-4-5-8)17(14,15)9-7(2)12-10(11)16-9/h3,8H,1,4-6H2,2H3. The molecule has 1 fully saturated rings. The average molecular weight is 293 g/mol. The summed E-state index contributed by atoms with van der Waals surface area (Å²) in [5.74, 6) is 0. The lowest BCUT2D eigenvalue weighted by Crippen LogP contribution is -2.33. The van der Waals surface area contributed by atoms with E-state index in [9.17, 15) is 8.42 Å². The van der Waals surface area contributed by atoms with Crippen molar-refractivity contribution >= 4 is 33.0 Å². The van der Waals surface area contributed by atoms with Crippen molar-refractivity contribution in [3.8, 4) is 0 Å². The third-order valence-corrected chi connectivity index (χ3v) is 6.30. The van der Waals surface area contributed by atoms with Gasteiger partial charge in [-0.1, -0.05) is 29.0 Å². The minimum absolute atomic E-state index is 0.110. The number of hydrogen-bond donors (Lipinski definition) is 0. The minimum atomic E-state index is -3.48. The Kier molecular flexibility index (Phi) is 3.58. The van der Waals surface area contributed by atoms with Crippen LogP contribution >= 0.6 is 22.9 Å². The predicted octanol–water partition coefficient (Wildman–Crippen LogP) is 2.44. The van der Waals surface area contributed by atoms with Crippen molar-refractivity contribution in [3.63, 3.8) is 0 Å². The third-order valence-electron chi connectivity index (χ3n) is 2.53. The molecule has 0 spiro atoms. The fourth-order valence-electron chi connectivity index (χ4n) is 1.63. The molecular formula is C10H13ClN2O2S2. The van der Waals surface area contributed by atoms with Crippen LogP contribution < -0.4 is 0 Å². The van der Waals surface area contributed by atoms with Gasteiger partial charge < -0.3 is 0 Å². The summed E-state index contributed by atoms with van der Waals surface area (Å²) < 4.78 is 26.8. The second-order valence-corrected chi connectivity index (χ2v) is 7.60. The number of hydrogen-bond acceptors (Lipinski definition) is 4. The molecule has 17 heavy (non-hydrogen) atoms. The van der Waals surface area contributed by atoms with Crippen molar-refractivity contribution in [1.82, 2.24) is 9.29 Å². The molecule has 0 amide bonds. The molecule has 0 radical (unpaired) electrons. The van der Waals surface area contributed by atoms with Gasteiger partial charge in [-0.15, -0.1) is 6.58 Å². The quantitative estimate of drug-likeness (QED) is 0.783. The first-order chi connectivity index (χ1) is 7.96. The van der Waals surface area contributed by atoms with Crippen LogP contribution in [0.5, 0.6) is 0 Å². The monoisotopic (exact) mass is 292 g/mol. The fraction of sp³-hybridized carbons (Fsp3) is 0.500. The van der Waals surface area contributed by atoms with Gasteiger partial charge in [-0.3, -0.25) is 0 Å². The Morgan fingerprint density at radius 1 is 1.65 bits per heavy atom. The highest BCUT2D eigenvalue weighted by Crippen LogP contribution is 2.35. The molecule has 0 saturated heterocycles. The van der Waals surface area contributed by atoms with Crippen molar-refractivity contribution in [2.45, 2.75) is 30.0 Å². The van der Waals surface area contributed by atoms with Crippen LogP contribution in [-0.2, 0) is 10.0 Å². The molecule has 0 unspecified atom stereocenters. The number of sulfonamides is 1. The zero-order valence-electron chi connectivity index (χ0n) is 9.39. The van der Waals surface area contributed by atoms with Crippen molar-refractivity contribution in [3.05, 3.63) is 22.8 Å². The van der Waals surface area contributed by atoms with Crippen LogP contribution in [0, 0.1) is 6.92 Å². The Hall–Kier alpha value is -0.430. The molecule has 0 aromatic carbocycles. The van der Waals surface area contributed by atoms with E-state index in [0.717, 1.165) is 24.2 Å². The molecule has 1 saturated carbocycles. The molecule has 1 aliphatic rings. The van der Waals surface area contributed by atoms with Gasteiger partial charge in [0.2, 0.25) is 0 Å². The number of rotatable bonds is 5. The van der Waals surface area contributed by atoms with Crippen LogP contribution in [-0.4, -0.2) is 30.3 Å². The summed E-state index contributed by atoms with van der Waals surface area (Å²) in [7, 11) is -3.48. The maximum atomic E-state index is 12.4. The number of aromatic nitrogens is 1. The van der Waals surface area contributed by atoms with Crippen LogP contribution in [0.15, 0.2) is 16.9 Å². The molecule has 1 aromatic rings. The number of thiazole rings is 1.